The van der Waals surface area contributed by atoms with Gasteiger partial charge in [-0.05, 0) is 11.6 Å². The van der Waals surface area contributed by atoms with Crippen molar-refractivity contribution >= 4 is 0 Å². The molecule has 0 fully saturated rings. The van der Waals surface area contributed by atoms with Crippen molar-refractivity contribution < 1.29 is 19.0 Å². The molecule has 0 saturated carbocycles. The van der Waals surface area contributed by atoms with Crippen LogP contribution in [0.15, 0.2) is 12.1 Å². The van der Waals surface area contributed by atoms with Crippen molar-refractivity contribution in [2.24, 2.45) is 5.90 Å². The molecule has 0 spiro atoms. The first-order valence-electron chi connectivity index (χ1n) is 5.31. The molecule has 0 unspecified atom stereocenters. The molecule has 0 heterocycles. The Morgan fingerprint density at radius 2 is 1.88 bits per heavy atom. The Morgan fingerprint density at radius 1 is 1.12 bits per heavy atom. The zero-order valence-electron chi connectivity index (χ0n) is 10.5. The Bertz CT molecular complexity index is 355. The summed E-state index contributed by atoms with van der Waals surface area (Å²) in [6.07, 6.45) is 0.681. The van der Waals surface area contributed by atoms with Gasteiger partial charge in [-0.15, -0.1) is 0 Å². The molecule has 0 atom stereocenters. The van der Waals surface area contributed by atoms with Gasteiger partial charge in [0.2, 0.25) is 0 Å². The maximum absolute atomic E-state index is 5.41. The van der Waals surface area contributed by atoms with E-state index in [1.165, 1.54) is 0 Å². The van der Waals surface area contributed by atoms with E-state index in [1.807, 2.05) is 12.1 Å². The third-order valence-electron chi connectivity index (χ3n) is 2.50. The summed E-state index contributed by atoms with van der Waals surface area (Å²) in [6.45, 7) is 0.874. The summed E-state index contributed by atoms with van der Waals surface area (Å²) in [6, 6.07) is 3.83. The fourth-order valence-corrected chi connectivity index (χ4v) is 1.75. The van der Waals surface area contributed by atoms with Crippen molar-refractivity contribution in [3.63, 3.8) is 0 Å². The normalized spacial score (nSPS) is 10.4. The molecule has 0 bridgehead atoms. The van der Waals surface area contributed by atoms with Crippen molar-refractivity contribution in [3.8, 4) is 11.5 Å². The molecule has 5 nitrogen and oxygen atoms in total. The predicted octanol–water partition coefficient (Wildman–Crippen LogP) is 1.28. The minimum atomic E-state index is 0.434. The number of nitrogens with two attached hydrogens (primary N) is 1. The van der Waals surface area contributed by atoms with Crippen LogP contribution in [-0.4, -0.2) is 27.9 Å². The molecule has 0 amide bonds. The number of ether oxygens (including phenoxy) is 3. The van der Waals surface area contributed by atoms with Gasteiger partial charge in [-0.3, -0.25) is 0 Å². The molecule has 17 heavy (non-hydrogen) atoms. The van der Waals surface area contributed by atoms with E-state index in [9.17, 15) is 0 Å². The minimum absolute atomic E-state index is 0.434. The number of rotatable bonds is 7. The van der Waals surface area contributed by atoms with Gasteiger partial charge in [-0.1, -0.05) is 6.07 Å². The summed E-state index contributed by atoms with van der Waals surface area (Å²) in [7, 11) is 4.88. The van der Waals surface area contributed by atoms with Crippen LogP contribution in [0.4, 0.5) is 0 Å². The Labute approximate surface area is 101 Å². The maximum atomic E-state index is 5.41. The lowest BCUT2D eigenvalue weighted by atomic mass is 10.1. The van der Waals surface area contributed by atoms with Crippen LogP contribution in [0.25, 0.3) is 0 Å². The molecule has 0 aliphatic carbocycles. The lowest BCUT2D eigenvalue weighted by molar-refractivity contribution is 0.140. The van der Waals surface area contributed by atoms with Crippen LogP contribution in [0, 0.1) is 0 Å². The molecule has 96 valence electrons. The third-order valence-corrected chi connectivity index (χ3v) is 2.50. The van der Waals surface area contributed by atoms with Crippen molar-refractivity contribution in [2.45, 2.75) is 13.0 Å². The molecule has 0 aromatic heterocycles. The van der Waals surface area contributed by atoms with E-state index in [-0.39, 0.29) is 0 Å². The molecule has 1 aromatic carbocycles. The Morgan fingerprint density at radius 3 is 2.41 bits per heavy atom. The second-order valence-electron chi connectivity index (χ2n) is 3.49. The fourth-order valence-electron chi connectivity index (χ4n) is 1.75. The Balaban J connectivity index is 3.10. The summed E-state index contributed by atoms with van der Waals surface area (Å²) in [4.78, 5) is 4.58. The summed E-state index contributed by atoms with van der Waals surface area (Å²) in [5.41, 5.74) is 1.91. The lowest BCUT2D eigenvalue weighted by Crippen LogP contribution is -2.07. The highest BCUT2D eigenvalue weighted by Crippen LogP contribution is 2.33. The largest absolute Gasteiger partial charge is 0.496 e. The number of hydrogen-bond acceptors (Lipinski definition) is 5. The summed E-state index contributed by atoms with van der Waals surface area (Å²) in [5.74, 6) is 6.55. The minimum Gasteiger partial charge on any atom is -0.496 e. The van der Waals surface area contributed by atoms with Crippen LogP contribution in [0.1, 0.15) is 11.1 Å². The molecule has 1 aromatic rings. The average Bonchev–Trinajstić information content (AvgIpc) is 2.36. The highest BCUT2D eigenvalue weighted by molar-refractivity contribution is 5.50. The van der Waals surface area contributed by atoms with Crippen molar-refractivity contribution in [3.05, 3.63) is 23.3 Å². The zero-order valence-corrected chi connectivity index (χ0v) is 10.5. The van der Waals surface area contributed by atoms with Gasteiger partial charge in [-0.2, -0.15) is 0 Å². The topological polar surface area (TPSA) is 62.9 Å². The predicted molar refractivity (Wildman–Crippen MR) is 64.1 cm³/mol. The van der Waals surface area contributed by atoms with Crippen molar-refractivity contribution in [1.82, 2.24) is 0 Å². The van der Waals surface area contributed by atoms with E-state index < -0.39 is 0 Å². The smallest absolute Gasteiger partial charge is 0.131 e. The molecular formula is C12H19NO4. The molecule has 5 heteroatoms. The van der Waals surface area contributed by atoms with E-state index >= 15 is 0 Å². The second-order valence-corrected chi connectivity index (χ2v) is 3.49. The lowest BCUT2D eigenvalue weighted by Gasteiger charge is -2.16. The van der Waals surface area contributed by atoms with Gasteiger partial charge in [0.1, 0.15) is 11.5 Å². The highest BCUT2D eigenvalue weighted by atomic mass is 16.6. The van der Waals surface area contributed by atoms with Gasteiger partial charge in [0.15, 0.2) is 0 Å². The molecule has 2 N–H and O–H groups in total. The first-order chi connectivity index (χ1) is 8.28. The molecule has 0 radical (unpaired) electrons. The first-order valence-corrected chi connectivity index (χ1v) is 5.31. The SMILES string of the molecule is COCc1c(OC)ccc(CCON)c1OC. The van der Waals surface area contributed by atoms with E-state index in [0.29, 0.717) is 19.6 Å². The molecule has 0 saturated heterocycles. The molecule has 0 aliphatic heterocycles. The van der Waals surface area contributed by atoms with Crippen molar-refractivity contribution in [2.75, 3.05) is 27.9 Å². The molecule has 0 aliphatic rings. The van der Waals surface area contributed by atoms with Crippen LogP contribution in [0.2, 0.25) is 0 Å². The second kappa shape index (κ2) is 7.11. The van der Waals surface area contributed by atoms with Crippen LogP contribution in [0.5, 0.6) is 11.5 Å². The van der Waals surface area contributed by atoms with Gasteiger partial charge in [0.05, 0.1) is 33.0 Å². The molecule has 1 rings (SSSR count). The molecular weight excluding hydrogens is 222 g/mol. The van der Waals surface area contributed by atoms with Gasteiger partial charge >= 0.3 is 0 Å². The zero-order chi connectivity index (χ0) is 12.7. The number of benzene rings is 1. The van der Waals surface area contributed by atoms with Crippen LogP contribution in [0.3, 0.4) is 0 Å². The maximum Gasteiger partial charge on any atom is 0.131 e. The van der Waals surface area contributed by atoms with E-state index in [4.69, 9.17) is 20.1 Å². The van der Waals surface area contributed by atoms with Crippen molar-refractivity contribution in [1.29, 1.82) is 0 Å². The summed E-state index contributed by atoms with van der Waals surface area (Å²) >= 11 is 0. The quantitative estimate of drug-likeness (QED) is 0.729. The summed E-state index contributed by atoms with van der Waals surface area (Å²) < 4.78 is 15.9. The van der Waals surface area contributed by atoms with Gasteiger partial charge in [0.25, 0.3) is 0 Å². The van der Waals surface area contributed by atoms with E-state index in [2.05, 4.69) is 4.84 Å². The Kier molecular flexibility index (Phi) is 5.76. The monoisotopic (exact) mass is 241 g/mol. The standard InChI is InChI=1S/C12H19NO4/c1-14-8-10-11(15-2)5-4-9(6-7-17-13)12(10)16-3/h4-5H,6-8,13H2,1-3H3. The fraction of sp³-hybridized carbons (Fsp3) is 0.500. The van der Waals surface area contributed by atoms with Crippen LogP contribution < -0.4 is 15.4 Å². The van der Waals surface area contributed by atoms with E-state index in [1.54, 1.807) is 21.3 Å². The van der Waals surface area contributed by atoms with Crippen LogP contribution >= 0.6 is 0 Å². The van der Waals surface area contributed by atoms with Gasteiger partial charge in [0, 0.05) is 13.5 Å². The van der Waals surface area contributed by atoms with E-state index in [0.717, 1.165) is 22.6 Å². The average molecular weight is 241 g/mol. The van der Waals surface area contributed by atoms with Gasteiger partial charge in [-0.25, -0.2) is 5.90 Å². The first kappa shape index (κ1) is 13.8. The van der Waals surface area contributed by atoms with Gasteiger partial charge < -0.3 is 19.0 Å². The summed E-state index contributed by atoms with van der Waals surface area (Å²) in [5, 5.41) is 0. The van der Waals surface area contributed by atoms with Crippen LogP contribution in [-0.2, 0) is 22.6 Å². The number of methoxy groups -OCH3 is 3. The number of hydrogen-bond donors (Lipinski definition) is 1. The Hall–Kier alpha value is -1.30. The third kappa shape index (κ3) is 3.33. The highest BCUT2D eigenvalue weighted by Gasteiger charge is 2.14.